The third kappa shape index (κ3) is 3.72. The maximum Gasteiger partial charge on any atom is 0.332 e. The van der Waals surface area contributed by atoms with Crippen LogP contribution >= 0.6 is 0 Å². The first-order valence-corrected chi connectivity index (χ1v) is 13.9. The second-order valence-electron chi connectivity index (χ2n) is 10.4. The van der Waals surface area contributed by atoms with Crippen molar-refractivity contribution in [2.24, 2.45) is 0 Å². The average Bonchev–Trinajstić information content (AvgIpc) is 3.45. The zero-order chi connectivity index (χ0) is 23.1. The minimum absolute atomic E-state index is 0.106. The van der Waals surface area contributed by atoms with Crippen molar-refractivity contribution < 1.29 is 14.0 Å². The highest BCUT2D eigenvalue weighted by Gasteiger charge is 2.56. The van der Waals surface area contributed by atoms with Gasteiger partial charge >= 0.3 is 5.97 Å². The molecule has 172 valence electrons. The van der Waals surface area contributed by atoms with Crippen molar-refractivity contribution in [2.45, 2.75) is 62.8 Å². The molecule has 5 heteroatoms. The van der Waals surface area contributed by atoms with Crippen LogP contribution in [0.4, 0.5) is 0 Å². The molecular formula is C28H33NO3Si. The fourth-order valence-electron chi connectivity index (χ4n) is 5.94. The van der Waals surface area contributed by atoms with Crippen LogP contribution in [0.1, 0.15) is 40.0 Å². The predicted octanol–water partition coefficient (Wildman–Crippen LogP) is 3.87. The van der Waals surface area contributed by atoms with Crippen LogP contribution in [0.3, 0.4) is 0 Å². The first-order chi connectivity index (χ1) is 15.8. The summed E-state index contributed by atoms with van der Waals surface area (Å²) in [6.07, 6.45) is 8.46. The van der Waals surface area contributed by atoms with Crippen molar-refractivity contribution in [3.8, 4) is 0 Å². The third-order valence-corrected chi connectivity index (χ3v) is 12.5. The van der Waals surface area contributed by atoms with Crippen LogP contribution in [0.5, 0.6) is 0 Å². The normalized spacial score (nSPS) is 27.2. The van der Waals surface area contributed by atoms with E-state index in [1.165, 1.54) is 10.4 Å². The monoisotopic (exact) mass is 459 g/mol. The Balaban J connectivity index is 1.59. The summed E-state index contributed by atoms with van der Waals surface area (Å²) in [5.74, 6) is -0.241. The van der Waals surface area contributed by atoms with Gasteiger partial charge in [-0.25, -0.2) is 4.79 Å². The lowest BCUT2D eigenvalue weighted by atomic mass is 9.78. The van der Waals surface area contributed by atoms with E-state index in [1.807, 2.05) is 0 Å². The average molecular weight is 460 g/mol. The first-order valence-electron chi connectivity index (χ1n) is 12.0. The highest BCUT2D eigenvalue weighted by molar-refractivity contribution is 6.99. The molecule has 3 aliphatic rings. The SMILES string of the molecule is CC(C)(C)[Si](O[C@H]1C=CC2=CC(=O)O[C@@]2([C@H]2CCCN2)C1)(c1ccccc1)c1ccccc1. The van der Waals surface area contributed by atoms with E-state index in [1.54, 1.807) is 6.08 Å². The fourth-order valence-corrected chi connectivity index (χ4v) is 10.6. The zero-order valence-corrected chi connectivity index (χ0v) is 20.7. The number of carbonyl (C=O) groups excluding carboxylic acids is 1. The molecule has 0 saturated carbocycles. The minimum atomic E-state index is -2.70. The highest BCUT2D eigenvalue weighted by Crippen LogP contribution is 2.45. The van der Waals surface area contributed by atoms with Gasteiger partial charge in [0.15, 0.2) is 5.60 Å². The zero-order valence-electron chi connectivity index (χ0n) is 19.7. The lowest BCUT2D eigenvalue weighted by Gasteiger charge is -2.47. The summed E-state index contributed by atoms with van der Waals surface area (Å²) < 4.78 is 13.4. The van der Waals surface area contributed by atoms with Crippen molar-refractivity contribution in [1.29, 1.82) is 0 Å². The van der Waals surface area contributed by atoms with Crippen LogP contribution in [0, 0.1) is 0 Å². The van der Waals surface area contributed by atoms with E-state index < -0.39 is 13.9 Å². The molecule has 33 heavy (non-hydrogen) atoms. The Kier molecular flexibility index (Phi) is 5.67. The summed E-state index contributed by atoms with van der Waals surface area (Å²) in [5, 5.41) is 6.00. The van der Waals surface area contributed by atoms with Gasteiger partial charge in [-0.05, 0) is 34.8 Å². The minimum Gasteiger partial charge on any atom is -0.449 e. The lowest BCUT2D eigenvalue weighted by Crippen LogP contribution is -2.68. The van der Waals surface area contributed by atoms with E-state index in [4.69, 9.17) is 9.16 Å². The molecule has 1 saturated heterocycles. The molecule has 0 spiro atoms. The van der Waals surface area contributed by atoms with Crippen LogP contribution in [-0.2, 0) is 14.0 Å². The molecule has 3 atom stereocenters. The van der Waals surface area contributed by atoms with E-state index in [-0.39, 0.29) is 23.2 Å². The molecule has 2 aliphatic heterocycles. The molecule has 1 aliphatic carbocycles. The van der Waals surface area contributed by atoms with Crippen molar-refractivity contribution in [2.75, 3.05) is 6.54 Å². The van der Waals surface area contributed by atoms with Gasteiger partial charge in [0.25, 0.3) is 8.32 Å². The van der Waals surface area contributed by atoms with Crippen LogP contribution in [-0.4, -0.2) is 38.6 Å². The molecule has 0 amide bonds. The van der Waals surface area contributed by atoms with E-state index >= 15 is 0 Å². The molecule has 2 heterocycles. The molecule has 0 aromatic heterocycles. The quantitative estimate of drug-likeness (QED) is 0.545. The van der Waals surface area contributed by atoms with Gasteiger partial charge in [-0.2, -0.15) is 0 Å². The Hall–Kier alpha value is -2.47. The number of ether oxygens (including phenoxy) is 1. The van der Waals surface area contributed by atoms with Gasteiger partial charge in [0, 0.05) is 18.1 Å². The van der Waals surface area contributed by atoms with Crippen LogP contribution in [0.2, 0.25) is 5.04 Å². The van der Waals surface area contributed by atoms with Gasteiger partial charge in [-0.3, -0.25) is 0 Å². The first kappa shape index (κ1) is 22.3. The summed E-state index contributed by atoms with van der Waals surface area (Å²) >= 11 is 0. The van der Waals surface area contributed by atoms with Gasteiger partial charge in [-0.15, -0.1) is 0 Å². The molecule has 4 nitrogen and oxygen atoms in total. The molecule has 0 unspecified atom stereocenters. The van der Waals surface area contributed by atoms with Crippen LogP contribution in [0.15, 0.2) is 84.5 Å². The summed E-state index contributed by atoms with van der Waals surface area (Å²) in [6.45, 7) is 7.84. The largest absolute Gasteiger partial charge is 0.449 e. The molecule has 2 aromatic rings. The summed E-state index contributed by atoms with van der Waals surface area (Å²) in [5.41, 5.74) is 0.340. The van der Waals surface area contributed by atoms with Gasteiger partial charge in [-0.1, -0.05) is 93.6 Å². The van der Waals surface area contributed by atoms with Crippen LogP contribution in [0.25, 0.3) is 0 Å². The van der Waals surface area contributed by atoms with E-state index in [2.05, 4.69) is 98.9 Å². The van der Waals surface area contributed by atoms with Crippen molar-refractivity contribution in [3.63, 3.8) is 0 Å². The summed E-state index contributed by atoms with van der Waals surface area (Å²) in [6, 6.07) is 21.5. The third-order valence-electron chi connectivity index (χ3n) is 7.41. The molecule has 2 aromatic carbocycles. The van der Waals surface area contributed by atoms with Crippen molar-refractivity contribution in [1.82, 2.24) is 5.32 Å². The van der Waals surface area contributed by atoms with E-state index in [0.29, 0.717) is 6.42 Å². The van der Waals surface area contributed by atoms with Crippen molar-refractivity contribution in [3.05, 3.63) is 84.5 Å². The predicted molar refractivity (Wildman–Crippen MR) is 134 cm³/mol. The Morgan fingerprint density at radius 3 is 2.21 bits per heavy atom. The Morgan fingerprint density at radius 1 is 1.03 bits per heavy atom. The van der Waals surface area contributed by atoms with Gasteiger partial charge in [0.05, 0.1) is 12.1 Å². The Bertz CT molecular complexity index is 1030. The summed E-state index contributed by atoms with van der Waals surface area (Å²) in [4.78, 5) is 12.4. The molecule has 0 radical (unpaired) electrons. The fraction of sp³-hybridized carbons (Fsp3) is 0.393. The number of fused-ring (bicyclic) bond motifs is 1. The number of esters is 1. The molecule has 0 bridgehead atoms. The van der Waals surface area contributed by atoms with Gasteiger partial charge < -0.3 is 14.5 Å². The maximum atomic E-state index is 12.4. The molecule has 1 fully saturated rings. The number of benzene rings is 2. The number of hydrogen-bond acceptors (Lipinski definition) is 4. The topological polar surface area (TPSA) is 47.6 Å². The standard InChI is InChI=1S/C28H33NO3Si/c1-27(2,3)33(23-11-6-4-7-12-23,24-13-8-5-9-14-24)32-22-17-16-21-19-26(30)31-28(21,20-22)25-15-10-18-29-25/h4-9,11-14,16-17,19,22,25,29H,10,15,18,20H2,1-3H3/t22-,25+,28-/m0/s1. The maximum absolute atomic E-state index is 12.4. The van der Waals surface area contributed by atoms with Gasteiger partial charge in [0.2, 0.25) is 0 Å². The Morgan fingerprint density at radius 2 is 1.67 bits per heavy atom. The number of rotatable bonds is 5. The smallest absolute Gasteiger partial charge is 0.332 e. The number of nitrogens with one attached hydrogen (secondary N) is 1. The van der Waals surface area contributed by atoms with Crippen molar-refractivity contribution >= 4 is 24.7 Å². The van der Waals surface area contributed by atoms with Gasteiger partial charge in [0.1, 0.15) is 0 Å². The number of carbonyl (C=O) groups is 1. The van der Waals surface area contributed by atoms with E-state index in [9.17, 15) is 4.79 Å². The molecule has 5 rings (SSSR count). The lowest BCUT2D eigenvalue weighted by molar-refractivity contribution is -0.150. The second-order valence-corrected chi connectivity index (χ2v) is 14.7. The highest BCUT2D eigenvalue weighted by atomic mass is 28.4. The Labute approximate surface area is 197 Å². The molecular weight excluding hydrogens is 426 g/mol. The summed E-state index contributed by atoms with van der Waals surface area (Å²) in [7, 11) is -2.70. The van der Waals surface area contributed by atoms with Crippen LogP contribution < -0.4 is 15.7 Å². The second kappa shape index (κ2) is 8.39. The van der Waals surface area contributed by atoms with E-state index in [0.717, 1.165) is 25.0 Å². The number of hydrogen-bond donors (Lipinski definition) is 1. The molecule has 1 N–H and O–H groups in total.